The Morgan fingerprint density at radius 1 is 0.862 bits per heavy atom. The van der Waals surface area contributed by atoms with Gasteiger partial charge in [0.05, 0.1) is 6.42 Å². The van der Waals surface area contributed by atoms with Gasteiger partial charge >= 0.3 is 0 Å². The highest BCUT2D eigenvalue weighted by Gasteiger charge is 2.08. The van der Waals surface area contributed by atoms with E-state index in [2.05, 4.69) is 10.6 Å². The van der Waals surface area contributed by atoms with Crippen LogP contribution in [0.25, 0.3) is 11.3 Å². The van der Waals surface area contributed by atoms with Gasteiger partial charge in [-0.3, -0.25) is 9.59 Å². The fraction of sp³-hybridized carbons (Fsp3) is 0.217. The highest BCUT2D eigenvalue weighted by Crippen LogP contribution is 2.22. The molecule has 3 rings (SSSR count). The third-order valence-corrected chi connectivity index (χ3v) is 4.34. The van der Waals surface area contributed by atoms with Gasteiger partial charge in [0.1, 0.15) is 17.3 Å². The van der Waals surface area contributed by atoms with Gasteiger partial charge in [-0.25, -0.2) is 4.39 Å². The predicted octanol–water partition coefficient (Wildman–Crippen LogP) is 3.49. The van der Waals surface area contributed by atoms with E-state index in [1.807, 2.05) is 42.5 Å². The summed E-state index contributed by atoms with van der Waals surface area (Å²) in [7, 11) is 0. The van der Waals surface area contributed by atoms with Crippen molar-refractivity contribution >= 4 is 11.8 Å². The van der Waals surface area contributed by atoms with Gasteiger partial charge in [0.25, 0.3) is 0 Å². The van der Waals surface area contributed by atoms with Crippen LogP contribution < -0.4 is 10.6 Å². The van der Waals surface area contributed by atoms with E-state index in [-0.39, 0.29) is 24.1 Å². The first-order chi connectivity index (χ1) is 14.1. The highest BCUT2D eigenvalue weighted by molar-refractivity contribution is 5.79. The van der Waals surface area contributed by atoms with Crippen molar-refractivity contribution in [3.05, 3.63) is 83.9 Å². The minimum absolute atomic E-state index is 0.105. The van der Waals surface area contributed by atoms with Gasteiger partial charge in [0.2, 0.25) is 11.8 Å². The summed E-state index contributed by atoms with van der Waals surface area (Å²) in [5.41, 5.74) is 1.61. The Labute approximate surface area is 168 Å². The van der Waals surface area contributed by atoms with E-state index in [4.69, 9.17) is 4.42 Å². The van der Waals surface area contributed by atoms with Crippen LogP contribution in [0.1, 0.15) is 17.7 Å². The van der Waals surface area contributed by atoms with Crippen LogP contribution in [0, 0.1) is 5.82 Å². The lowest BCUT2D eigenvalue weighted by atomic mass is 10.1. The van der Waals surface area contributed by atoms with Crippen molar-refractivity contribution in [3.8, 4) is 11.3 Å². The molecule has 29 heavy (non-hydrogen) atoms. The zero-order valence-electron chi connectivity index (χ0n) is 16.0. The third-order valence-electron chi connectivity index (χ3n) is 4.34. The van der Waals surface area contributed by atoms with Gasteiger partial charge in [-0.05, 0) is 29.8 Å². The van der Waals surface area contributed by atoms with Gasteiger partial charge in [-0.2, -0.15) is 0 Å². The molecule has 0 radical (unpaired) electrons. The van der Waals surface area contributed by atoms with Gasteiger partial charge < -0.3 is 15.1 Å². The maximum atomic E-state index is 13.1. The maximum Gasteiger partial charge on any atom is 0.224 e. The van der Waals surface area contributed by atoms with Crippen molar-refractivity contribution < 1.29 is 18.4 Å². The van der Waals surface area contributed by atoms with Crippen LogP contribution in [0.15, 0.2) is 71.1 Å². The molecule has 0 aliphatic carbocycles. The van der Waals surface area contributed by atoms with E-state index >= 15 is 0 Å². The Bertz CT molecular complexity index is 954. The SMILES string of the molecule is O=C(CCc1ccc(-c2ccccc2)o1)NCCNC(=O)Cc1cccc(F)c1. The lowest BCUT2D eigenvalue weighted by Crippen LogP contribution is -2.35. The molecule has 0 aliphatic rings. The number of nitrogens with one attached hydrogen (secondary N) is 2. The first kappa shape index (κ1) is 20.3. The second-order valence-corrected chi connectivity index (χ2v) is 6.64. The summed E-state index contributed by atoms with van der Waals surface area (Å²) in [6.45, 7) is 0.653. The Morgan fingerprint density at radius 2 is 1.62 bits per heavy atom. The van der Waals surface area contributed by atoms with Crippen LogP contribution >= 0.6 is 0 Å². The van der Waals surface area contributed by atoms with Crippen molar-refractivity contribution in [2.75, 3.05) is 13.1 Å². The van der Waals surface area contributed by atoms with E-state index < -0.39 is 0 Å². The molecule has 0 bridgehead atoms. The molecule has 1 aromatic heterocycles. The molecule has 5 nitrogen and oxygen atoms in total. The third kappa shape index (κ3) is 6.60. The molecule has 2 amide bonds. The fourth-order valence-corrected chi connectivity index (χ4v) is 2.89. The summed E-state index contributed by atoms with van der Waals surface area (Å²) >= 11 is 0. The number of furan rings is 1. The number of aryl methyl sites for hydroxylation is 1. The van der Waals surface area contributed by atoms with Crippen molar-refractivity contribution in [1.29, 1.82) is 0 Å². The molecule has 0 spiro atoms. The summed E-state index contributed by atoms with van der Waals surface area (Å²) in [4.78, 5) is 23.8. The van der Waals surface area contributed by atoms with Gasteiger partial charge in [-0.15, -0.1) is 0 Å². The molecule has 150 valence electrons. The Morgan fingerprint density at radius 3 is 2.38 bits per heavy atom. The number of hydrogen-bond donors (Lipinski definition) is 2. The monoisotopic (exact) mass is 394 g/mol. The first-order valence-corrected chi connectivity index (χ1v) is 9.52. The molecule has 0 atom stereocenters. The molecule has 2 aromatic carbocycles. The minimum Gasteiger partial charge on any atom is -0.461 e. The normalized spacial score (nSPS) is 10.5. The Balaban J connectivity index is 1.32. The van der Waals surface area contributed by atoms with Crippen molar-refractivity contribution in [3.63, 3.8) is 0 Å². The van der Waals surface area contributed by atoms with E-state index in [1.165, 1.54) is 12.1 Å². The molecule has 0 saturated heterocycles. The Hall–Kier alpha value is -3.41. The standard InChI is InChI=1S/C23H23FN2O3/c24-19-8-4-5-17(15-19)16-23(28)26-14-13-25-22(27)12-10-20-9-11-21(29-20)18-6-2-1-3-7-18/h1-9,11,15H,10,12-14,16H2,(H,25,27)(H,26,28). The molecule has 1 heterocycles. The van der Waals surface area contributed by atoms with E-state index in [0.29, 0.717) is 31.5 Å². The number of benzene rings is 2. The lowest BCUT2D eigenvalue weighted by Gasteiger charge is -2.07. The molecule has 6 heteroatoms. The van der Waals surface area contributed by atoms with E-state index in [9.17, 15) is 14.0 Å². The second kappa shape index (κ2) is 10.2. The molecular formula is C23H23FN2O3. The average molecular weight is 394 g/mol. The van der Waals surface area contributed by atoms with Gasteiger partial charge in [0, 0.05) is 31.5 Å². The summed E-state index contributed by atoms with van der Waals surface area (Å²) in [5, 5.41) is 5.47. The highest BCUT2D eigenvalue weighted by atomic mass is 19.1. The van der Waals surface area contributed by atoms with Crippen LogP contribution in [-0.4, -0.2) is 24.9 Å². The number of rotatable bonds is 9. The quantitative estimate of drug-likeness (QED) is 0.546. The fourth-order valence-electron chi connectivity index (χ4n) is 2.89. The van der Waals surface area contributed by atoms with E-state index in [0.717, 1.165) is 17.1 Å². The average Bonchev–Trinajstić information content (AvgIpc) is 3.19. The number of carbonyl (C=O) groups excluding carboxylic acids is 2. The van der Waals surface area contributed by atoms with Crippen molar-refractivity contribution in [1.82, 2.24) is 10.6 Å². The molecule has 3 aromatic rings. The van der Waals surface area contributed by atoms with Crippen LogP contribution in [0.3, 0.4) is 0 Å². The summed E-state index contributed by atoms with van der Waals surface area (Å²) in [5.74, 6) is 0.843. The number of amides is 2. The second-order valence-electron chi connectivity index (χ2n) is 6.64. The van der Waals surface area contributed by atoms with Crippen LogP contribution in [0.2, 0.25) is 0 Å². The molecule has 0 unspecified atom stereocenters. The van der Waals surface area contributed by atoms with Gasteiger partial charge in [0.15, 0.2) is 0 Å². The van der Waals surface area contributed by atoms with Crippen molar-refractivity contribution in [2.45, 2.75) is 19.3 Å². The van der Waals surface area contributed by atoms with Crippen molar-refractivity contribution in [2.24, 2.45) is 0 Å². The van der Waals surface area contributed by atoms with Crippen LogP contribution in [0.4, 0.5) is 4.39 Å². The molecule has 0 aliphatic heterocycles. The van der Waals surface area contributed by atoms with Crippen LogP contribution in [-0.2, 0) is 22.4 Å². The van der Waals surface area contributed by atoms with Crippen LogP contribution in [0.5, 0.6) is 0 Å². The first-order valence-electron chi connectivity index (χ1n) is 9.52. The Kier molecular flexibility index (Phi) is 7.16. The maximum absolute atomic E-state index is 13.1. The predicted molar refractivity (Wildman–Crippen MR) is 109 cm³/mol. The molecule has 2 N–H and O–H groups in total. The summed E-state index contributed by atoms with van der Waals surface area (Å²) in [6.07, 6.45) is 0.914. The van der Waals surface area contributed by atoms with Gasteiger partial charge in [-0.1, -0.05) is 42.5 Å². The zero-order valence-corrected chi connectivity index (χ0v) is 16.0. The molecule has 0 fully saturated rings. The number of carbonyl (C=O) groups is 2. The zero-order chi connectivity index (χ0) is 20.5. The number of halogens is 1. The summed E-state index contributed by atoms with van der Waals surface area (Å²) in [6, 6.07) is 19.5. The molecule has 0 saturated carbocycles. The minimum atomic E-state index is -0.366. The summed E-state index contributed by atoms with van der Waals surface area (Å²) < 4.78 is 18.9. The lowest BCUT2D eigenvalue weighted by molar-refractivity contribution is -0.122. The smallest absolute Gasteiger partial charge is 0.224 e. The number of hydrogen-bond acceptors (Lipinski definition) is 3. The largest absolute Gasteiger partial charge is 0.461 e. The topological polar surface area (TPSA) is 71.3 Å². The molecular weight excluding hydrogens is 371 g/mol. The van der Waals surface area contributed by atoms with E-state index in [1.54, 1.807) is 12.1 Å².